The average Bonchev–Trinajstić information content (AvgIpc) is 2.72. The highest BCUT2D eigenvalue weighted by molar-refractivity contribution is 6.62. The Morgan fingerprint density at radius 3 is 2.11 bits per heavy atom. The zero-order chi connectivity index (χ0) is 20.5. The minimum atomic E-state index is -0.794. The molecule has 0 unspecified atom stereocenters. The van der Waals surface area contributed by atoms with Crippen LogP contribution in [0.3, 0.4) is 0 Å². The molecule has 1 atom stereocenters. The summed E-state index contributed by atoms with van der Waals surface area (Å²) in [5, 5.41) is 0. The second-order valence-corrected chi connectivity index (χ2v) is 8.91. The van der Waals surface area contributed by atoms with Crippen molar-refractivity contribution in [1.82, 2.24) is 0 Å². The Labute approximate surface area is 162 Å². The molecule has 0 saturated carbocycles. The van der Waals surface area contributed by atoms with Crippen LogP contribution in [0.25, 0.3) is 0 Å². The summed E-state index contributed by atoms with van der Waals surface area (Å²) >= 11 is 0. The fourth-order valence-electron chi connectivity index (χ4n) is 3.17. The van der Waals surface area contributed by atoms with Crippen LogP contribution >= 0.6 is 0 Å². The molecule has 6 nitrogen and oxygen atoms in total. The number of benzene rings is 1. The van der Waals surface area contributed by atoms with Gasteiger partial charge in [-0.25, -0.2) is 4.79 Å². The Morgan fingerprint density at radius 2 is 1.67 bits per heavy atom. The zero-order valence-corrected chi connectivity index (χ0v) is 17.5. The van der Waals surface area contributed by atoms with Crippen LogP contribution in [-0.2, 0) is 14.0 Å². The predicted molar refractivity (Wildman–Crippen MR) is 106 cm³/mol. The molecule has 2 N–H and O–H groups in total. The summed E-state index contributed by atoms with van der Waals surface area (Å²) in [4.78, 5) is 11.2. The summed E-state index contributed by atoms with van der Waals surface area (Å²) in [6.07, 6.45) is -0.139. The standard InChI is InChI=1S/C20H32BNO5/c1-14(2)12-20(7,25-17(22)23)13-24-16-10-8-15(9-11-16)21-26-18(3,4)19(5,6)27-21/h8-11,14H,12-13H2,1-7H3,(H2,22,23)/t20-/m0/s1. The van der Waals surface area contributed by atoms with E-state index < -0.39 is 18.8 Å². The summed E-state index contributed by atoms with van der Waals surface area (Å²) in [5.74, 6) is 1.02. The maximum absolute atomic E-state index is 11.2. The number of nitrogens with two attached hydrogens (primary N) is 1. The van der Waals surface area contributed by atoms with Crippen LogP contribution in [0.5, 0.6) is 5.75 Å². The Kier molecular flexibility index (Phi) is 6.17. The third-order valence-corrected chi connectivity index (χ3v) is 5.14. The second-order valence-electron chi connectivity index (χ2n) is 8.91. The number of carbonyl (C=O) groups is 1. The first-order valence-electron chi connectivity index (χ1n) is 9.40. The summed E-state index contributed by atoms with van der Waals surface area (Å²) in [7, 11) is -0.409. The molecular formula is C20H32BNO5. The molecule has 1 heterocycles. The van der Waals surface area contributed by atoms with Crippen molar-refractivity contribution in [3.8, 4) is 5.75 Å². The molecule has 1 aliphatic heterocycles. The Balaban J connectivity index is 2.02. The van der Waals surface area contributed by atoms with Gasteiger partial charge < -0.3 is 24.5 Å². The monoisotopic (exact) mass is 377 g/mol. The van der Waals surface area contributed by atoms with Crippen molar-refractivity contribution in [2.45, 2.75) is 71.7 Å². The average molecular weight is 377 g/mol. The third-order valence-electron chi connectivity index (χ3n) is 5.14. The zero-order valence-electron chi connectivity index (χ0n) is 17.5. The van der Waals surface area contributed by atoms with E-state index in [0.717, 1.165) is 5.46 Å². The second kappa shape index (κ2) is 7.72. The van der Waals surface area contributed by atoms with Crippen LogP contribution in [-0.4, -0.2) is 36.6 Å². The number of hydrogen-bond donors (Lipinski definition) is 1. The van der Waals surface area contributed by atoms with E-state index in [1.807, 2.05) is 58.9 Å². The fraction of sp³-hybridized carbons (Fsp3) is 0.650. The van der Waals surface area contributed by atoms with Crippen LogP contribution in [0.1, 0.15) is 54.9 Å². The van der Waals surface area contributed by atoms with Gasteiger partial charge in [0.25, 0.3) is 0 Å². The topological polar surface area (TPSA) is 80.0 Å². The lowest BCUT2D eigenvalue weighted by molar-refractivity contribution is -0.0186. The van der Waals surface area contributed by atoms with Gasteiger partial charge in [-0.2, -0.15) is 0 Å². The van der Waals surface area contributed by atoms with Crippen LogP contribution < -0.4 is 15.9 Å². The van der Waals surface area contributed by atoms with E-state index in [4.69, 9.17) is 24.5 Å². The summed E-state index contributed by atoms with van der Waals surface area (Å²) in [6, 6.07) is 7.57. The number of hydrogen-bond acceptors (Lipinski definition) is 5. The molecule has 0 aromatic heterocycles. The smallest absolute Gasteiger partial charge is 0.489 e. The molecule has 1 saturated heterocycles. The van der Waals surface area contributed by atoms with Gasteiger partial charge in [0.05, 0.1) is 11.2 Å². The maximum Gasteiger partial charge on any atom is 0.494 e. The summed E-state index contributed by atoms with van der Waals surface area (Å²) in [5.41, 5.74) is 4.61. The minimum absolute atomic E-state index is 0.226. The molecule has 1 aliphatic rings. The Bertz CT molecular complexity index is 643. The molecule has 2 rings (SSSR count). The lowest BCUT2D eigenvalue weighted by Gasteiger charge is -2.32. The van der Waals surface area contributed by atoms with Gasteiger partial charge in [-0.15, -0.1) is 0 Å². The number of rotatable bonds is 7. The van der Waals surface area contributed by atoms with Gasteiger partial charge >= 0.3 is 13.2 Å². The molecule has 1 amide bonds. The number of ether oxygens (including phenoxy) is 2. The van der Waals surface area contributed by atoms with Gasteiger partial charge in [-0.1, -0.05) is 26.0 Å². The first-order valence-corrected chi connectivity index (χ1v) is 9.40. The number of primary amides is 1. The van der Waals surface area contributed by atoms with E-state index in [9.17, 15) is 4.79 Å². The largest absolute Gasteiger partial charge is 0.494 e. The lowest BCUT2D eigenvalue weighted by atomic mass is 9.79. The highest BCUT2D eigenvalue weighted by Gasteiger charge is 2.51. The van der Waals surface area contributed by atoms with Crippen LogP contribution in [0.15, 0.2) is 24.3 Å². The molecule has 0 radical (unpaired) electrons. The number of carbonyl (C=O) groups excluding carboxylic acids is 1. The molecule has 7 heteroatoms. The predicted octanol–water partition coefficient (Wildman–Crippen LogP) is 3.26. The van der Waals surface area contributed by atoms with E-state index in [-0.39, 0.29) is 17.8 Å². The fourth-order valence-corrected chi connectivity index (χ4v) is 3.17. The first-order chi connectivity index (χ1) is 12.3. The molecule has 1 aromatic rings. The Morgan fingerprint density at radius 1 is 1.15 bits per heavy atom. The van der Waals surface area contributed by atoms with Gasteiger partial charge in [0.1, 0.15) is 18.0 Å². The lowest BCUT2D eigenvalue weighted by Crippen LogP contribution is -2.41. The van der Waals surface area contributed by atoms with Gasteiger partial charge in [0.2, 0.25) is 0 Å². The van der Waals surface area contributed by atoms with E-state index in [1.54, 1.807) is 0 Å². The van der Waals surface area contributed by atoms with Crippen molar-refractivity contribution in [1.29, 1.82) is 0 Å². The van der Waals surface area contributed by atoms with Gasteiger partial charge in [-0.3, -0.25) is 0 Å². The van der Waals surface area contributed by atoms with E-state index >= 15 is 0 Å². The molecule has 0 spiro atoms. The highest BCUT2D eigenvalue weighted by Crippen LogP contribution is 2.36. The van der Waals surface area contributed by atoms with Crippen molar-refractivity contribution < 1.29 is 23.6 Å². The quantitative estimate of drug-likeness (QED) is 0.738. The summed E-state index contributed by atoms with van der Waals surface area (Å²) < 4.78 is 23.3. The summed E-state index contributed by atoms with van der Waals surface area (Å²) in [6.45, 7) is 14.3. The van der Waals surface area contributed by atoms with Crippen molar-refractivity contribution in [2.75, 3.05) is 6.61 Å². The van der Waals surface area contributed by atoms with E-state index in [1.165, 1.54) is 0 Å². The molecule has 1 aromatic carbocycles. The van der Waals surface area contributed by atoms with Gasteiger partial charge in [0, 0.05) is 0 Å². The molecule has 0 aliphatic carbocycles. The van der Waals surface area contributed by atoms with Crippen LogP contribution in [0, 0.1) is 5.92 Å². The van der Waals surface area contributed by atoms with Crippen LogP contribution in [0.2, 0.25) is 0 Å². The number of amides is 1. The van der Waals surface area contributed by atoms with Crippen LogP contribution in [0.4, 0.5) is 4.79 Å². The molecule has 150 valence electrons. The van der Waals surface area contributed by atoms with Crippen molar-refractivity contribution in [3.05, 3.63) is 24.3 Å². The van der Waals surface area contributed by atoms with E-state index in [0.29, 0.717) is 18.1 Å². The third kappa shape index (κ3) is 5.39. The SMILES string of the molecule is CC(C)C[C@@](C)(COc1ccc(B2OC(C)(C)C(C)(C)O2)cc1)OC(N)=O. The Hall–Kier alpha value is -1.73. The first kappa shape index (κ1) is 21.6. The minimum Gasteiger partial charge on any atom is -0.489 e. The van der Waals surface area contributed by atoms with Gasteiger partial charge in [0.15, 0.2) is 0 Å². The van der Waals surface area contributed by atoms with Crippen molar-refractivity contribution in [3.63, 3.8) is 0 Å². The highest BCUT2D eigenvalue weighted by atomic mass is 16.7. The molecular weight excluding hydrogens is 345 g/mol. The van der Waals surface area contributed by atoms with E-state index in [2.05, 4.69) is 13.8 Å². The molecule has 0 bridgehead atoms. The normalized spacial score (nSPS) is 20.4. The van der Waals surface area contributed by atoms with Crippen molar-refractivity contribution in [2.24, 2.45) is 11.7 Å². The van der Waals surface area contributed by atoms with Gasteiger partial charge in [-0.05, 0) is 64.6 Å². The molecule has 1 fully saturated rings. The molecule has 27 heavy (non-hydrogen) atoms. The maximum atomic E-state index is 11.2. The van der Waals surface area contributed by atoms with Crippen molar-refractivity contribution >= 4 is 18.7 Å².